The SMILES string of the molecule is [CH2-]c1cccc([CH-]C)c1. The maximum atomic E-state index is 3.81. The van der Waals surface area contributed by atoms with Crippen LogP contribution in [0.3, 0.4) is 0 Å². The predicted octanol–water partition coefficient (Wildman–Crippen LogP) is 2.44. The summed E-state index contributed by atoms with van der Waals surface area (Å²) >= 11 is 0. The average Bonchev–Trinajstić information content (AvgIpc) is 1.88. The fourth-order valence-corrected chi connectivity index (χ4v) is 0.773. The van der Waals surface area contributed by atoms with Crippen molar-refractivity contribution in [1.29, 1.82) is 0 Å². The Balaban J connectivity index is 2.94. The van der Waals surface area contributed by atoms with Crippen LogP contribution in [-0.4, -0.2) is 0 Å². The van der Waals surface area contributed by atoms with Gasteiger partial charge >= 0.3 is 0 Å². The summed E-state index contributed by atoms with van der Waals surface area (Å²) < 4.78 is 0. The van der Waals surface area contributed by atoms with E-state index in [1.54, 1.807) is 0 Å². The van der Waals surface area contributed by atoms with Crippen LogP contribution in [0.1, 0.15) is 18.1 Å². The van der Waals surface area contributed by atoms with Gasteiger partial charge in [-0.1, -0.05) is 6.92 Å². The molecule has 0 fully saturated rings. The molecule has 0 aliphatic carbocycles. The van der Waals surface area contributed by atoms with Crippen molar-refractivity contribution in [1.82, 2.24) is 0 Å². The molecule has 0 aliphatic rings. The Kier molecular flexibility index (Phi) is 1.69. The van der Waals surface area contributed by atoms with Crippen molar-refractivity contribution in [2.75, 3.05) is 0 Å². The summed E-state index contributed by atoms with van der Waals surface area (Å²) in [6, 6.07) is 8.12. The van der Waals surface area contributed by atoms with Crippen molar-refractivity contribution in [3.05, 3.63) is 48.7 Å². The topological polar surface area (TPSA) is 0 Å². The van der Waals surface area contributed by atoms with Crippen molar-refractivity contribution in [3.8, 4) is 0 Å². The van der Waals surface area contributed by atoms with Crippen LogP contribution in [0.2, 0.25) is 0 Å². The minimum atomic E-state index is 1.07. The maximum Gasteiger partial charge on any atom is -0.0919 e. The molecular weight excluding hydrogens is 108 g/mol. The van der Waals surface area contributed by atoms with Crippen LogP contribution in [0, 0.1) is 13.3 Å². The van der Waals surface area contributed by atoms with Crippen LogP contribution in [0.15, 0.2) is 24.3 Å². The first-order chi connectivity index (χ1) is 4.33. The van der Waals surface area contributed by atoms with E-state index in [0.717, 1.165) is 5.56 Å². The molecule has 0 atom stereocenters. The molecule has 1 aromatic rings. The third-order valence-electron chi connectivity index (χ3n) is 1.28. The van der Waals surface area contributed by atoms with Crippen molar-refractivity contribution in [3.63, 3.8) is 0 Å². The molecule has 0 nitrogen and oxygen atoms in total. The summed E-state index contributed by atoms with van der Waals surface area (Å²) in [5.41, 5.74) is 2.31. The number of rotatable bonds is 1. The Labute approximate surface area is 56.5 Å². The third kappa shape index (κ3) is 1.43. The van der Waals surface area contributed by atoms with Gasteiger partial charge in [0.1, 0.15) is 0 Å². The molecule has 0 unspecified atom stereocenters. The lowest BCUT2D eigenvalue weighted by atomic mass is 10.1. The monoisotopic (exact) mass is 118 g/mol. The molecule has 0 radical (unpaired) electrons. The second-order valence-electron chi connectivity index (χ2n) is 2.03. The summed E-state index contributed by atoms with van der Waals surface area (Å²) in [6.45, 7) is 5.83. The second kappa shape index (κ2) is 2.49. The smallest absolute Gasteiger partial charge is 0.0919 e. The number of hydrogen-bond acceptors (Lipinski definition) is 0. The minimum absolute atomic E-state index is 1.07. The zero-order valence-electron chi connectivity index (χ0n) is 5.59. The number of hydrogen-bond donors (Lipinski definition) is 0. The first kappa shape index (κ1) is 6.09. The highest BCUT2D eigenvalue weighted by Crippen LogP contribution is 2.04. The Morgan fingerprint density at radius 1 is 1.44 bits per heavy atom. The van der Waals surface area contributed by atoms with E-state index < -0.39 is 0 Å². The summed E-state index contributed by atoms with van der Waals surface area (Å²) in [4.78, 5) is 0. The summed E-state index contributed by atoms with van der Waals surface area (Å²) in [6.07, 6.45) is 2.06. The number of benzene rings is 1. The van der Waals surface area contributed by atoms with Crippen molar-refractivity contribution >= 4 is 0 Å². The lowest BCUT2D eigenvalue weighted by molar-refractivity contribution is 1.41. The molecule has 0 saturated carbocycles. The normalized spacial score (nSPS) is 9.00. The van der Waals surface area contributed by atoms with Crippen LogP contribution < -0.4 is 0 Å². The van der Waals surface area contributed by atoms with Gasteiger partial charge in [-0.2, -0.15) is 48.7 Å². The molecule has 48 valence electrons. The molecular formula is C9H10-2. The van der Waals surface area contributed by atoms with Crippen LogP contribution in [0.4, 0.5) is 0 Å². The van der Waals surface area contributed by atoms with Gasteiger partial charge in [0.15, 0.2) is 0 Å². The van der Waals surface area contributed by atoms with E-state index in [-0.39, 0.29) is 0 Å². The van der Waals surface area contributed by atoms with Crippen molar-refractivity contribution < 1.29 is 0 Å². The summed E-state index contributed by atoms with van der Waals surface area (Å²) in [7, 11) is 0. The zero-order chi connectivity index (χ0) is 6.69. The van der Waals surface area contributed by atoms with Crippen LogP contribution >= 0.6 is 0 Å². The molecule has 0 saturated heterocycles. The fourth-order valence-electron chi connectivity index (χ4n) is 0.773. The Morgan fingerprint density at radius 2 is 2.22 bits per heavy atom. The van der Waals surface area contributed by atoms with E-state index >= 15 is 0 Å². The second-order valence-corrected chi connectivity index (χ2v) is 2.03. The average molecular weight is 118 g/mol. The first-order valence-electron chi connectivity index (χ1n) is 3.04. The molecule has 0 N–H and O–H groups in total. The first-order valence-corrected chi connectivity index (χ1v) is 3.04. The van der Waals surface area contributed by atoms with Gasteiger partial charge in [-0.3, -0.25) is 0 Å². The van der Waals surface area contributed by atoms with Gasteiger partial charge in [0.25, 0.3) is 0 Å². The molecule has 0 heterocycles. The quantitative estimate of drug-likeness (QED) is 0.497. The summed E-state index contributed by atoms with van der Waals surface area (Å²) in [5.74, 6) is 0. The highest BCUT2D eigenvalue weighted by Gasteiger charge is 1.72. The maximum absolute atomic E-state index is 3.81. The van der Waals surface area contributed by atoms with Gasteiger partial charge in [0.05, 0.1) is 0 Å². The van der Waals surface area contributed by atoms with Crippen LogP contribution in [0.5, 0.6) is 0 Å². The van der Waals surface area contributed by atoms with E-state index in [4.69, 9.17) is 0 Å². The van der Waals surface area contributed by atoms with Gasteiger partial charge in [-0.25, -0.2) is 0 Å². The molecule has 0 aromatic heterocycles. The van der Waals surface area contributed by atoms with Gasteiger partial charge in [0.2, 0.25) is 0 Å². The molecule has 0 aliphatic heterocycles. The Hall–Kier alpha value is -1.04. The van der Waals surface area contributed by atoms with E-state index in [2.05, 4.69) is 25.5 Å². The lowest BCUT2D eigenvalue weighted by Gasteiger charge is -2.08. The van der Waals surface area contributed by atoms with E-state index in [1.165, 1.54) is 5.56 Å². The predicted molar refractivity (Wildman–Crippen MR) is 40.0 cm³/mol. The highest BCUT2D eigenvalue weighted by atomic mass is 13.9. The minimum Gasteiger partial charge on any atom is -0.199 e. The Bertz CT molecular complexity index is 189. The van der Waals surface area contributed by atoms with E-state index in [1.807, 2.05) is 19.1 Å². The lowest BCUT2D eigenvalue weighted by Crippen LogP contribution is -1.76. The largest absolute Gasteiger partial charge is 0.199 e. The van der Waals surface area contributed by atoms with Gasteiger partial charge in [0, 0.05) is 0 Å². The molecule has 1 rings (SSSR count). The molecule has 0 bridgehead atoms. The molecule has 0 heteroatoms. The molecule has 0 amide bonds. The third-order valence-corrected chi connectivity index (χ3v) is 1.28. The van der Waals surface area contributed by atoms with Gasteiger partial charge in [-0.05, 0) is 0 Å². The van der Waals surface area contributed by atoms with Crippen molar-refractivity contribution in [2.45, 2.75) is 6.92 Å². The molecule has 1 aromatic carbocycles. The molecule has 9 heavy (non-hydrogen) atoms. The van der Waals surface area contributed by atoms with Crippen LogP contribution in [-0.2, 0) is 0 Å². The highest BCUT2D eigenvalue weighted by molar-refractivity contribution is 5.29. The standard InChI is InChI=1S/C9H10/c1-3-9-6-4-5-8(2)7-9/h3-7H,2H2,1H3/q-2. The zero-order valence-corrected chi connectivity index (χ0v) is 5.59. The molecule has 0 spiro atoms. The Morgan fingerprint density at radius 3 is 2.67 bits per heavy atom. The fraction of sp³-hybridized carbons (Fsp3) is 0.111. The van der Waals surface area contributed by atoms with Gasteiger partial charge < -0.3 is 0 Å². The van der Waals surface area contributed by atoms with Crippen molar-refractivity contribution in [2.24, 2.45) is 0 Å². The van der Waals surface area contributed by atoms with Crippen LogP contribution in [0.25, 0.3) is 0 Å². The van der Waals surface area contributed by atoms with E-state index in [0.29, 0.717) is 0 Å². The summed E-state index contributed by atoms with van der Waals surface area (Å²) in [5, 5.41) is 0. The van der Waals surface area contributed by atoms with E-state index in [9.17, 15) is 0 Å². The van der Waals surface area contributed by atoms with Gasteiger partial charge in [-0.15, -0.1) is 0 Å².